The highest BCUT2D eigenvalue weighted by molar-refractivity contribution is 5.88. The molecule has 0 fully saturated rings. The van der Waals surface area contributed by atoms with E-state index < -0.39 is 5.97 Å². The summed E-state index contributed by atoms with van der Waals surface area (Å²) in [5.41, 5.74) is 1.68. The Labute approximate surface area is 145 Å². The lowest BCUT2D eigenvalue weighted by atomic mass is 10.1. The van der Waals surface area contributed by atoms with Crippen molar-refractivity contribution in [1.29, 1.82) is 0 Å². The van der Waals surface area contributed by atoms with Crippen molar-refractivity contribution < 1.29 is 24.2 Å². The monoisotopic (exact) mass is 341 g/mol. The molecule has 25 heavy (non-hydrogen) atoms. The molecule has 0 aliphatic carbocycles. The Morgan fingerprint density at radius 1 is 1.08 bits per heavy atom. The van der Waals surface area contributed by atoms with Crippen molar-refractivity contribution in [2.75, 3.05) is 13.2 Å². The predicted octanol–water partition coefficient (Wildman–Crippen LogP) is 2.41. The largest absolute Gasteiger partial charge is 0.490 e. The van der Waals surface area contributed by atoms with Crippen molar-refractivity contribution in [2.45, 2.75) is 19.4 Å². The summed E-state index contributed by atoms with van der Waals surface area (Å²) in [6.07, 6.45) is 0.938. The minimum atomic E-state index is -1.01. The van der Waals surface area contributed by atoms with Gasteiger partial charge in [0.15, 0.2) is 11.5 Å². The van der Waals surface area contributed by atoms with Crippen LogP contribution in [0.1, 0.15) is 27.9 Å². The number of hydrogen-bond acceptors (Lipinski definition) is 4. The van der Waals surface area contributed by atoms with Crippen LogP contribution in [0.5, 0.6) is 11.5 Å². The van der Waals surface area contributed by atoms with Crippen molar-refractivity contribution in [3.05, 3.63) is 59.2 Å². The Morgan fingerprint density at radius 3 is 2.72 bits per heavy atom. The van der Waals surface area contributed by atoms with Crippen LogP contribution in [0.4, 0.5) is 0 Å². The van der Waals surface area contributed by atoms with Gasteiger partial charge in [-0.3, -0.25) is 4.79 Å². The normalized spacial score (nSPS) is 13.0. The molecule has 0 aromatic heterocycles. The molecule has 2 N–H and O–H groups in total. The number of carbonyl (C=O) groups excluding carboxylic acids is 1. The molecule has 2 aromatic carbocycles. The zero-order valence-corrected chi connectivity index (χ0v) is 13.7. The summed E-state index contributed by atoms with van der Waals surface area (Å²) in [6, 6.07) is 12.0. The van der Waals surface area contributed by atoms with Crippen molar-refractivity contribution in [1.82, 2.24) is 5.32 Å². The third kappa shape index (κ3) is 4.29. The van der Waals surface area contributed by atoms with E-state index in [1.54, 1.807) is 12.1 Å². The molecule has 0 spiro atoms. The molecule has 6 nitrogen and oxygen atoms in total. The quantitative estimate of drug-likeness (QED) is 0.872. The highest BCUT2D eigenvalue weighted by Crippen LogP contribution is 2.33. The number of para-hydroxylation sites is 1. The van der Waals surface area contributed by atoms with Gasteiger partial charge in [0.05, 0.1) is 25.2 Å². The molecule has 130 valence electrons. The molecule has 6 heteroatoms. The summed E-state index contributed by atoms with van der Waals surface area (Å²) in [5, 5.41) is 11.8. The highest BCUT2D eigenvalue weighted by Gasteiger charge is 2.15. The standard InChI is InChI=1S/C19H19NO5/c21-17(11-13-4-1-5-14(10-13)19(22)23)20-12-15-6-2-7-16-18(15)25-9-3-8-24-16/h1-2,4-7,10H,3,8-9,11-12H2,(H,20,21)(H,22,23). The van der Waals surface area contributed by atoms with Crippen molar-refractivity contribution in [3.63, 3.8) is 0 Å². The van der Waals surface area contributed by atoms with Crippen molar-refractivity contribution >= 4 is 11.9 Å². The zero-order valence-electron chi connectivity index (χ0n) is 13.7. The molecule has 0 saturated carbocycles. The first kappa shape index (κ1) is 16.8. The molecule has 2 aromatic rings. The molecule has 1 amide bonds. The number of carboxylic acids is 1. The van der Waals surface area contributed by atoms with Gasteiger partial charge in [0.2, 0.25) is 5.91 Å². The van der Waals surface area contributed by atoms with Crippen LogP contribution in [0.2, 0.25) is 0 Å². The SMILES string of the molecule is O=C(Cc1cccc(C(=O)O)c1)NCc1cccc2c1OCCCO2. The minimum absolute atomic E-state index is 0.119. The van der Waals surface area contributed by atoms with E-state index in [9.17, 15) is 9.59 Å². The summed E-state index contributed by atoms with van der Waals surface area (Å²) in [5.74, 6) is 0.174. The van der Waals surface area contributed by atoms with E-state index in [1.165, 1.54) is 12.1 Å². The Morgan fingerprint density at radius 2 is 1.88 bits per heavy atom. The first-order valence-corrected chi connectivity index (χ1v) is 8.10. The maximum Gasteiger partial charge on any atom is 0.335 e. The Balaban J connectivity index is 1.63. The number of carbonyl (C=O) groups is 2. The molecule has 0 unspecified atom stereocenters. The van der Waals surface area contributed by atoms with E-state index in [2.05, 4.69) is 5.32 Å². The molecule has 1 aliphatic heterocycles. The minimum Gasteiger partial charge on any atom is -0.490 e. The third-order valence-corrected chi connectivity index (χ3v) is 3.87. The molecular weight excluding hydrogens is 322 g/mol. The van der Waals surface area contributed by atoms with Crippen LogP contribution >= 0.6 is 0 Å². The number of hydrogen-bond donors (Lipinski definition) is 2. The van der Waals surface area contributed by atoms with Gasteiger partial charge < -0.3 is 19.9 Å². The number of ether oxygens (including phenoxy) is 2. The fourth-order valence-corrected chi connectivity index (χ4v) is 2.65. The fourth-order valence-electron chi connectivity index (χ4n) is 2.65. The average molecular weight is 341 g/mol. The van der Waals surface area contributed by atoms with Gasteiger partial charge in [-0.15, -0.1) is 0 Å². The summed E-state index contributed by atoms with van der Waals surface area (Å²) in [4.78, 5) is 23.2. The second kappa shape index (κ2) is 7.70. The lowest BCUT2D eigenvalue weighted by molar-refractivity contribution is -0.120. The van der Waals surface area contributed by atoms with E-state index in [0.29, 0.717) is 36.8 Å². The Kier molecular flexibility index (Phi) is 5.18. The summed E-state index contributed by atoms with van der Waals surface area (Å²) in [7, 11) is 0. The average Bonchev–Trinajstić information content (AvgIpc) is 2.86. The number of aromatic carboxylic acids is 1. The lowest BCUT2D eigenvalue weighted by Crippen LogP contribution is -2.25. The van der Waals surface area contributed by atoms with Gasteiger partial charge >= 0.3 is 5.97 Å². The van der Waals surface area contributed by atoms with Crippen molar-refractivity contribution in [3.8, 4) is 11.5 Å². The van der Waals surface area contributed by atoms with E-state index in [-0.39, 0.29) is 17.9 Å². The molecule has 1 heterocycles. The van der Waals surface area contributed by atoms with Gasteiger partial charge in [0.1, 0.15) is 0 Å². The van der Waals surface area contributed by atoms with E-state index in [1.807, 2.05) is 18.2 Å². The predicted molar refractivity (Wildman–Crippen MR) is 91.0 cm³/mol. The van der Waals surface area contributed by atoms with Gasteiger partial charge in [0, 0.05) is 18.5 Å². The van der Waals surface area contributed by atoms with Gasteiger partial charge in [-0.1, -0.05) is 24.3 Å². The van der Waals surface area contributed by atoms with Crippen LogP contribution in [-0.4, -0.2) is 30.2 Å². The van der Waals surface area contributed by atoms with Crippen LogP contribution in [-0.2, 0) is 17.8 Å². The maximum atomic E-state index is 12.2. The molecule has 0 bridgehead atoms. The van der Waals surface area contributed by atoms with E-state index >= 15 is 0 Å². The van der Waals surface area contributed by atoms with Crippen LogP contribution in [0.25, 0.3) is 0 Å². The summed E-state index contributed by atoms with van der Waals surface area (Å²) >= 11 is 0. The Hall–Kier alpha value is -3.02. The number of rotatable bonds is 5. The van der Waals surface area contributed by atoms with Crippen LogP contribution < -0.4 is 14.8 Å². The summed E-state index contributed by atoms with van der Waals surface area (Å²) in [6.45, 7) is 1.52. The number of amides is 1. The second-order valence-corrected chi connectivity index (χ2v) is 5.75. The summed E-state index contributed by atoms with van der Waals surface area (Å²) < 4.78 is 11.4. The molecule has 1 aliphatic rings. The lowest BCUT2D eigenvalue weighted by Gasteiger charge is -2.13. The molecule has 3 rings (SSSR count). The van der Waals surface area contributed by atoms with Crippen molar-refractivity contribution in [2.24, 2.45) is 0 Å². The van der Waals surface area contributed by atoms with Gasteiger partial charge in [-0.2, -0.15) is 0 Å². The Bertz CT molecular complexity index is 787. The number of carboxylic acid groups (broad SMARTS) is 1. The van der Waals surface area contributed by atoms with Crippen LogP contribution in [0.15, 0.2) is 42.5 Å². The first-order valence-electron chi connectivity index (χ1n) is 8.10. The third-order valence-electron chi connectivity index (χ3n) is 3.87. The smallest absolute Gasteiger partial charge is 0.335 e. The molecule has 0 atom stereocenters. The fraction of sp³-hybridized carbons (Fsp3) is 0.263. The van der Waals surface area contributed by atoms with Crippen LogP contribution in [0, 0.1) is 0 Å². The topological polar surface area (TPSA) is 84.9 Å². The van der Waals surface area contributed by atoms with Gasteiger partial charge in [-0.25, -0.2) is 4.79 Å². The van der Waals surface area contributed by atoms with E-state index in [4.69, 9.17) is 14.6 Å². The van der Waals surface area contributed by atoms with Crippen LogP contribution in [0.3, 0.4) is 0 Å². The highest BCUT2D eigenvalue weighted by atomic mass is 16.5. The number of fused-ring (bicyclic) bond motifs is 1. The number of nitrogens with one attached hydrogen (secondary N) is 1. The first-order chi connectivity index (χ1) is 12.1. The second-order valence-electron chi connectivity index (χ2n) is 5.75. The van der Waals surface area contributed by atoms with Gasteiger partial charge in [0.25, 0.3) is 0 Å². The van der Waals surface area contributed by atoms with Gasteiger partial charge in [-0.05, 0) is 23.8 Å². The number of benzene rings is 2. The molecule has 0 radical (unpaired) electrons. The molecular formula is C19H19NO5. The molecule has 0 saturated heterocycles. The zero-order chi connectivity index (χ0) is 17.6. The van der Waals surface area contributed by atoms with E-state index in [0.717, 1.165) is 12.0 Å². The maximum absolute atomic E-state index is 12.2.